The maximum absolute atomic E-state index is 12.4. The van der Waals surface area contributed by atoms with E-state index in [4.69, 9.17) is 5.73 Å². The van der Waals surface area contributed by atoms with E-state index in [-0.39, 0.29) is 4.87 Å². The molecule has 1 heterocycles. The average molecular weight is 332 g/mol. The predicted molar refractivity (Wildman–Crippen MR) is 101 cm³/mol. The normalized spacial score (nSPS) is 11.0. The average Bonchev–Trinajstić information content (AvgIpc) is 2.96. The summed E-state index contributed by atoms with van der Waals surface area (Å²) in [5.41, 5.74) is 9.60. The number of hydrogen-bond donors (Lipinski definition) is 1. The van der Waals surface area contributed by atoms with Crippen molar-refractivity contribution in [2.75, 3.05) is 5.73 Å². The van der Waals surface area contributed by atoms with Gasteiger partial charge >= 0.3 is 4.87 Å². The second kappa shape index (κ2) is 5.98. The van der Waals surface area contributed by atoms with Gasteiger partial charge in [-0.05, 0) is 28.5 Å². The lowest BCUT2D eigenvalue weighted by atomic mass is 10.0. The minimum Gasteiger partial charge on any atom is -0.399 e. The smallest absolute Gasteiger partial charge is 0.307 e. The molecule has 0 fully saturated rings. The molecule has 2 N–H and O–H groups in total. The first-order chi connectivity index (χ1) is 11.7. The highest BCUT2D eigenvalue weighted by Gasteiger charge is 2.11. The zero-order valence-electron chi connectivity index (χ0n) is 13.0. The summed E-state index contributed by atoms with van der Waals surface area (Å²) >= 11 is 1.22. The number of aromatic nitrogens is 1. The van der Waals surface area contributed by atoms with Crippen LogP contribution in [0.1, 0.15) is 5.56 Å². The summed E-state index contributed by atoms with van der Waals surface area (Å²) < 4.78 is 1.82. The van der Waals surface area contributed by atoms with Gasteiger partial charge in [0.15, 0.2) is 0 Å². The Morgan fingerprint density at radius 3 is 2.62 bits per heavy atom. The van der Waals surface area contributed by atoms with E-state index in [1.165, 1.54) is 22.1 Å². The molecule has 3 aromatic carbocycles. The summed E-state index contributed by atoms with van der Waals surface area (Å²) in [7, 11) is 0. The zero-order valence-corrected chi connectivity index (χ0v) is 13.8. The predicted octanol–water partition coefficient (Wildman–Crippen LogP) is 4.36. The summed E-state index contributed by atoms with van der Waals surface area (Å²) in [5, 5.41) is 4.27. The largest absolute Gasteiger partial charge is 0.399 e. The molecule has 1 aromatic heterocycles. The number of fused-ring (bicyclic) bond motifs is 1. The topological polar surface area (TPSA) is 48.0 Å². The van der Waals surface area contributed by atoms with Gasteiger partial charge in [0.2, 0.25) is 0 Å². The zero-order chi connectivity index (χ0) is 16.5. The Kier molecular flexibility index (Phi) is 3.67. The first-order valence-corrected chi connectivity index (χ1v) is 8.61. The van der Waals surface area contributed by atoms with Gasteiger partial charge in [-0.3, -0.25) is 9.36 Å². The molecule has 0 spiro atoms. The van der Waals surface area contributed by atoms with Crippen molar-refractivity contribution in [1.29, 1.82) is 0 Å². The molecule has 0 saturated carbocycles. The summed E-state index contributed by atoms with van der Waals surface area (Å²) in [6, 6.07) is 22.1. The molecule has 4 heteroatoms. The minimum atomic E-state index is 0.0420. The van der Waals surface area contributed by atoms with E-state index >= 15 is 0 Å². The number of nitrogens with zero attached hydrogens (tertiary/aromatic N) is 1. The van der Waals surface area contributed by atoms with Gasteiger partial charge in [0.25, 0.3) is 0 Å². The third-order valence-corrected chi connectivity index (χ3v) is 4.94. The number of nitrogen functional groups attached to an aromatic ring is 1. The van der Waals surface area contributed by atoms with Gasteiger partial charge in [-0.1, -0.05) is 65.9 Å². The van der Waals surface area contributed by atoms with Crippen molar-refractivity contribution in [3.05, 3.63) is 87.3 Å². The number of hydrogen-bond acceptors (Lipinski definition) is 3. The van der Waals surface area contributed by atoms with E-state index in [0.717, 1.165) is 16.8 Å². The SMILES string of the molecule is Nc1cccc(-c2csc(=O)n2Cc2cccc3ccccc23)c1. The lowest BCUT2D eigenvalue weighted by Crippen LogP contribution is -2.15. The molecule has 3 nitrogen and oxygen atoms in total. The first-order valence-electron chi connectivity index (χ1n) is 7.73. The molecule has 0 amide bonds. The third-order valence-electron chi connectivity index (χ3n) is 4.17. The van der Waals surface area contributed by atoms with Crippen LogP contribution in [0.2, 0.25) is 0 Å². The van der Waals surface area contributed by atoms with Crippen molar-refractivity contribution in [1.82, 2.24) is 4.57 Å². The van der Waals surface area contributed by atoms with Crippen LogP contribution in [0.25, 0.3) is 22.0 Å². The molecular formula is C20H16N2OS. The van der Waals surface area contributed by atoms with Crippen LogP contribution >= 0.6 is 11.3 Å². The van der Waals surface area contributed by atoms with Gasteiger partial charge in [0, 0.05) is 16.6 Å². The fraction of sp³-hybridized carbons (Fsp3) is 0.0500. The monoisotopic (exact) mass is 332 g/mol. The molecular weight excluding hydrogens is 316 g/mol. The molecule has 0 bridgehead atoms. The molecule has 0 radical (unpaired) electrons. The highest BCUT2D eigenvalue weighted by Crippen LogP contribution is 2.25. The van der Waals surface area contributed by atoms with Crippen LogP contribution < -0.4 is 10.6 Å². The number of nitrogens with two attached hydrogens (primary N) is 1. The number of anilines is 1. The Morgan fingerprint density at radius 1 is 0.958 bits per heavy atom. The molecule has 0 aliphatic rings. The van der Waals surface area contributed by atoms with Gasteiger partial charge in [-0.2, -0.15) is 0 Å². The molecule has 0 aliphatic carbocycles. The fourth-order valence-electron chi connectivity index (χ4n) is 3.00. The molecule has 0 saturated heterocycles. The Labute approximate surface area is 143 Å². The molecule has 0 atom stereocenters. The highest BCUT2D eigenvalue weighted by atomic mass is 32.1. The summed E-state index contributed by atoms with van der Waals surface area (Å²) in [6.45, 7) is 0.549. The maximum atomic E-state index is 12.4. The van der Waals surface area contributed by atoms with Gasteiger partial charge in [0.05, 0.1) is 12.2 Å². The Bertz CT molecular complexity index is 1070. The van der Waals surface area contributed by atoms with Crippen molar-refractivity contribution in [3.63, 3.8) is 0 Å². The molecule has 4 rings (SSSR count). The van der Waals surface area contributed by atoms with Crippen LogP contribution in [-0.4, -0.2) is 4.57 Å². The number of rotatable bonds is 3. The standard InChI is InChI=1S/C20H16N2OS/c21-17-9-4-7-15(11-17)19-13-24-20(23)22(19)12-16-8-3-6-14-5-1-2-10-18(14)16/h1-11,13H,12,21H2. The van der Waals surface area contributed by atoms with Crippen LogP contribution in [0.3, 0.4) is 0 Å². The lowest BCUT2D eigenvalue weighted by Gasteiger charge is -2.11. The van der Waals surface area contributed by atoms with Crippen molar-refractivity contribution < 1.29 is 0 Å². The fourth-order valence-corrected chi connectivity index (χ4v) is 3.77. The molecule has 0 aliphatic heterocycles. The third kappa shape index (κ3) is 2.61. The number of thiazole rings is 1. The van der Waals surface area contributed by atoms with Gasteiger partial charge in [0.1, 0.15) is 0 Å². The van der Waals surface area contributed by atoms with Crippen LogP contribution in [0.5, 0.6) is 0 Å². The van der Waals surface area contributed by atoms with Crippen molar-refractivity contribution in [3.8, 4) is 11.3 Å². The number of benzene rings is 3. The van der Waals surface area contributed by atoms with E-state index in [2.05, 4.69) is 24.3 Å². The van der Waals surface area contributed by atoms with Crippen LogP contribution in [0, 0.1) is 0 Å². The van der Waals surface area contributed by atoms with Crippen molar-refractivity contribution in [2.24, 2.45) is 0 Å². The Hall–Kier alpha value is -2.85. The van der Waals surface area contributed by atoms with E-state index in [1.807, 2.05) is 52.4 Å². The first kappa shape index (κ1) is 14.7. The maximum Gasteiger partial charge on any atom is 0.307 e. The Morgan fingerprint density at radius 2 is 1.75 bits per heavy atom. The molecule has 118 valence electrons. The molecule has 0 unspecified atom stereocenters. The van der Waals surface area contributed by atoms with E-state index < -0.39 is 0 Å². The lowest BCUT2D eigenvalue weighted by molar-refractivity contribution is 0.798. The second-order valence-corrected chi connectivity index (χ2v) is 6.56. The molecule has 4 aromatic rings. The van der Waals surface area contributed by atoms with E-state index in [1.54, 1.807) is 0 Å². The van der Waals surface area contributed by atoms with E-state index in [9.17, 15) is 4.79 Å². The van der Waals surface area contributed by atoms with E-state index in [0.29, 0.717) is 12.2 Å². The van der Waals surface area contributed by atoms with Gasteiger partial charge < -0.3 is 5.73 Å². The van der Waals surface area contributed by atoms with Crippen LogP contribution in [0.15, 0.2) is 76.9 Å². The van der Waals surface area contributed by atoms with Crippen molar-refractivity contribution in [2.45, 2.75) is 6.54 Å². The van der Waals surface area contributed by atoms with Crippen LogP contribution in [0.4, 0.5) is 5.69 Å². The quantitative estimate of drug-likeness (QED) is 0.567. The van der Waals surface area contributed by atoms with Crippen LogP contribution in [-0.2, 0) is 6.54 Å². The van der Waals surface area contributed by atoms with Gasteiger partial charge in [-0.15, -0.1) is 0 Å². The second-order valence-electron chi connectivity index (χ2n) is 5.74. The summed E-state index contributed by atoms with van der Waals surface area (Å²) in [4.78, 5) is 12.4. The van der Waals surface area contributed by atoms with Gasteiger partial charge in [-0.25, -0.2) is 0 Å². The summed E-state index contributed by atoms with van der Waals surface area (Å²) in [6.07, 6.45) is 0. The highest BCUT2D eigenvalue weighted by molar-refractivity contribution is 7.07. The minimum absolute atomic E-state index is 0.0420. The summed E-state index contributed by atoms with van der Waals surface area (Å²) in [5.74, 6) is 0. The molecule has 24 heavy (non-hydrogen) atoms. The van der Waals surface area contributed by atoms with Crippen molar-refractivity contribution >= 4 is 27.8 Å². The Balaban J connectivity index is 1.83.